The Bertz CT molecular complexity index is 410. The van der Waals surface area contributed by atoms with Crippen molar-refractivity contribution in [1.29, 1.82) is 0 Å². The van der Waals surface area contributed by atoms with Gasteiger partial charge in [-0.25, -0.2) is 0 Å². The van der Waals surface area contributed by atoms with Gasteiger partial charge in [0.25, 0.3) is 0 Å². The van der Waals surface area contributed by atoms with E-state index >= 15 is 0 Å². The summed E-state index contributed by atoms with van der Waals surface area (Å²) in [6.07, 6.45) is 3.15. The van der Waals surface area contributed by atoms with Gasteiger partial charge >= 0.3 is 0 Å². The molecular formula is C15H24N2OS. The molecule has 2 unspecified atom stereocenters. The fraction of sp³-hybridized carbons (Fsp3) is 0.667. The van der Waals surface area contributed by atoms with Gasteiger partial charge in [-0.2, -0.15) is 0 Å². The Kier molecular flexibility index (Phi) is 5.40. The quantitative estimate of drug-likeness (QED) is 0.870. The molecule has 0 bridgehead atoms. The largest absolute Gasteiger partial charge is 0.351 e. The number of carbonyl (C=O) groups is 1. The summed E-state index contributed by atoms with van der Waals surface area (Å²) in [6.45, 7) is 7.17. The minimum absolute atomic E-state index is 0.186. The molecule has 2 rings (SSSR count). The molecule has 0 radical (unpaired) electrons. The van der Waals surface area contributed by atoms with Gasteiger partial charge in [-0.1, -0.05) is 6.92 Å². The van der Waals surface area contributed by atoms with E-state index in [-0.39, 0.29) is 5.91 Å². The number of amides is 1. The lowest BCUT2D eigenvalue weighted by molar-refractivity contribution is -0.122. The number of aryl methyl sites for hydroxylation is 1. The average molecular weight is 280 g/mol. The van der Waals surface area contributed by atoms with E-state index in [0.29, 0.717) is 24.8 Å². The lowest BCUT2D eigenvalue weighted by Gasteiger charge is -2.28. The van der Waals surface area contributed by atoms with E-state index in [9.17, 15) is 4.79 Å². The highest BCUT2D eigenvalue weighted by molar-refractivity contribution is 7.10. The molecule has 3 nitrogen and oxygen atoms in total. The first-order valence-corrected chi connectivity index (χ1v) is 8.05. The van der Waals surface area contributed by atoms with Gasteiger partial charge in [0.15, 0.2) is 0 Å². The number of thiophene rings is 1. The number of piperidine rings is 1. The molecule has 1 aliphatic heterocycles. The smallest absolute Gasteiger partial charge is 0.220 e. The van der Waals surface area contributed by atoms with Crippen LogP contribution < -0.4 is 10.6 Å². The van der Waals surface area contributed by atoms with Crippen LogP contribution in [-0.4, -0.2) is 19.0 Å². The Balaban J connectivity index is 1.73. The predicted octanol–water partition coefficient (Wildman–Crippen LogP) is 2.70. The lowest BCUT2D eigenvalue weighted by Crippen LogP contribution is -2.35. The maximum absolute atomic E-state index is 12.0. The molecule has 1 aromatic rings. The number of rotatable bonds is 5. The number of carbonyl (C=O) groups excluding carboxylic acids is 1. The second kappa shape index (κ2) is 7.06. The van der Waals surface area contributed by atoms with Crippen molar-refractivity contribution in [3.63, 3.8) is 0 Å². The van der Waals surface area contributed by atoms with Gasteiger partial charge in [-0.3, -0.25) is 4.79 Å². The average Bonchev–Trinajstić information content (AvgIpc) is 2.83. The van der Waals surface area contributed by atoms with E-state index in [1.807, 2.05) is 0 Å². The highest BCUT2D eigenvalue weighted by Crippen LogP contribution is 2.22. The van der Waals surface area contributed by atoms with E-state index in [1.54, 1.807) is 11.3 Å². The summed E-state index contributed by atoms with van der Waals surface area (Å²) in [4.78, 5) is 13.2. The van der Waals surface area contributed by atoms with Gasteiger partial charge in [-0.15, -0.1) is 11.3 Å². The van der Waals surface area contributed by atoms with Crippen molar-refractivity contribution in [1.82, 2.24) is 10.6 Å². The molecule has 0 aromatic carbocycles. The van der Waals surface area contributed by atoms with E-state index in [0.717, 1.165) is 13.1 Å². The van der Waals surface area contributed by atoms with E-state index in [4.69, 9.17) is 0 Å². The summed E-state index contributed by atoms with van der Waals surface area (Å²) in [5.74, 6) is 1.31. The maximum atomic E-state index is 12.0. The Labute approximate surface area is 119 Å². The molecule has 2 heterocycles. The molecule has 4 heteroatoms. The fourth-order valence-corrected chi connectivity index (χ4v) is 3.51. The first kappa shape index (κ1) is 14.5. The molecule has 0 saturated carbocycles. The Morgan fingerprint density at radius 3 is 3.11 bits per heavy atom. The van der Waals surface area contributed by atoms with Gasteiger partial charge < -0.3 is 10.6 Å². The third kappa shape index (κ3) is 4.32. The molecule has 2 N–H and O–H groups in total. The maximum Gasteiger partial charge on any atom is 0.220 e. The van der Waals surface area contributed by atoms with Crippen molar-refractivity contribution in [2.24, 2.45) is 11.8 Å². The van der Waals surface area contributed by atoms with Crippen LogP contribution in [0.3, 0.4) is 0 Å². The monoisotopic (exact) mass is 280 g/mol. The topological polar surface area (TPSA) is 41.1 Å². The van der Waals surface area contributed by atoms with Crippen LogP contribution in [0.5, 0.6) is 0 Å². The summed E-state index contributed by atoms with van der Waals surface area (Å²) >= 11 is 1.71. The predicted molar refractivity (Wildman–Crippen MR) is 80.3 cm³/mol. The van der Waals surface area contributed by atoms with Crippen LogP contribution in [0.25, 0.3) is 0 Å². The highest BCUT2D eigenvalue weighted by Gasteiger charge is 2.21. The van der Waals surface area contributed by atoms with Gasteiger partial charge in [0.1, 0.15) is 0 Å². The van der Waals surface area contributed by atoms with Gasteiger partial charge in [0.2, 0.25) is 5.91 Å². The van der Waals surface area contributed by atoms with E-state index in [2.05, 4.69) is 35.9 Å². The zero-order valence-corrected chi connectivity index (χ0v) is 12.7. The Hall–Kier alpha value is -0.870. The minimum Gasteiger partial charge on any atom is -0.351 e. The molecule has 19 heavy (non-hydrogen) atoms. The number of hydrogen-bond acceptors (Lipinski definition) is 3. The van der Waals surface area contributed by atoms with Crippen LogP contribution in [0.2, 0.25) is 0 Å². The van der Waals surface area contributed by atoms with Crippen LogP contribution in [0, 0.1) is 18.8 Å². The summed E-state index contributed by atoms with van der Waals surface area (Å²) in [6, 6.07) is 2.10. The third-order valence-corrected chi connectivity index (χ3v) is 5.08. The van der Waals surface area contributed by atoms with Crippen LogP contribution in [0.1, 0.15) is 36.6 Å². The molecular weight excluding hydrogens is 256 g/mol. The van der Waals surface area contributed by atoms with E-state index < -0.39 is 0 Å². The molecule has 106 valence electrons. The summed E-state index contributed by atoms with van der Waals surface area (Å²) in [7, 11) is 0. The van der Waals surface area contributed by atoms with Crippen LogP contribution in [0.4, 0.5) is 0 Å². The lowest BCUT2D eigenvalue weighted by atomic mass is 9.85. The van der Waals surface area contributed by atoms with E-state index in [1.165, 1.54) is 23.3 Å². The zero-order chi connectivity index (χ0) is 13.7. The van der Waals surface area contributed by atoms with Crippen molar-refractivity contribution in [3.8, 4) is 0 Å². The zero-order valence-electron chi connectivity index (χ0n) is 11.9. The second-order valence-electron chi connectivity index (χ2n) is 5.59. The van der Waals surface area contributed by atoms with Crippen molar-refractivity contribution < 1.29 is 4.79 Å². The summed E-state index contributed by atoms with van der Waals surface area (Å²) < 4.78 is 0. The SMILES string of the molecule is Cc1ccsc1CNC(=O)CC(C)C1CCCNC1. The van der Waals surface area contributed by atoms with Crippen molar-refractivity contribution in [2.75, 3.05) is 13.1 Å². The van der Waals surface area contributed by atoms with Gasteiger partial charge in [0, 0.05) is 11.3 Å². The first-order chi connectivity index (χ1) is 9.16. The molecule has 1 fully saturated rings. The van der Waals surface area contributed by atoms with Crippen molar-refractivity contribution in [2.45, 2.75) is 39.7 Å². The summed E-state index contributed by atoms with van der Waals surface area (Å²) in [5, 5.41) is 8.54. The highest BCUT2D eigenvalue weighted by atomic mass is 32.1. The fourth-order valence-electron chi connectivity index (χ4n) is 2.66. The number of nitrogens with one attached hydrogen (secondary N) is 2. The van der Waals surface area contributed by atoms with Crippen LogP contribution >= 0.6 is 11.3 Å². The van der Waals surface area contributed by atoms with Crippen LogP contribution in [0.15, 0.2) is 11.4 Å². The Morgan fingerprint density at radius 2 is 2.47 bits per heavy atom. The molecule has 1 saturated heterocycles. The molecule has 0 aliphatic carbocycles. The third-order valence-electron chi connectivity index (χ3n) is 4.06. The minimum atomic E-state index is 0.186. The van der Waals surface area contributed by atoms with Crippen molar-refractivity contribution in [3.05, 3.63) is 21.9 Å². The standard InChI is InChI=1S/C15H24N2OS/c1-11-5-7-19-14(11)10-17-15(18)8-12(2)13-4-3-6-16-9-13/h5,7,12-13,16H,3-4,6,8-10H2,1-2H3,(H,17,18). The summed E-state index contributed by atoms with van der Waals surface area (Å²) in [5.41, 5.74) is 1.27. The first-order valence-electron chi connectivity index (χ1n) is 7.17. The second-order valence-corrected chi connectivity index (χ2v) is 6.59. The van der Waals surface area contributed by atoms with Crippen molar-refractivity contribution >= 4 is 17.2 Å². The molecule has 1 aromatic heterocycles. The molecule has 1 amide bonds. The van der Waals surface area contributed by atoms with Gasteiger partial charge in [-0.05, 0) is 61.7 Å². The van der Waals surface area contributed by atoms with Crippen LogP contribution in [-0.2, 0) is 11.3 Å². The molecule has 1 aliphatic rings. The van der Waals surface area contributed by atoms with Gasteiger partial charge in [0.05, 0.1) is 6.54 Å². The number of hydrogen-bond donors (Lipinski definition) is 2. The molecule has 0 spiro atoms. The normalized spacial score (nSPS) is 21.1. The Morgan fingerprint density at radius 1 is 1.63 bits per heavy atom. The molecule has 2 atom stereocenters.